The van der Waals surface area contributed by atoms with E-state index in [1.165, 1.54) is 8.99 Å². The first-order chi connectivity index (χ1) is 18.8. The number of piperazine rings is 1. The van der Waals surface area contributed by atoms with Crippen LogP contribution in [-0.4, -0.2) is 80.8 Å². The van der Waals surface area contributed by atoms with Crippen molar-refractivity contribution < 1.29 is 13.2 Å². The highest BCUT2D eigenvalue weighted by Gasteiger charge is 2.30. The fraction of sp³-hybridized carbons (Fsp3) is 0.429. The maximum Gasteiger partial charge on any atom is 0.316 e. The SMILES string of the molecule is CN(C)CC(C)(C)COc1c(N2CCN(S(=O)(=O)Cc3ccc(N)cc3)CC2)cnn(-c2cccc(Cl)c2)c1=O. The lowest BCUT2D eigenvalue weighted by atomic mass is 9.94. The number of halogens is 1. The normalized spacial score (nSPS) is 15.0. The van der Waals surface area contributed by atoms with Crippen LogP contribution in [0.3, 0.4) is 0 Å². The number of ether oxygens (including phenoxy) is 1. The first-order valence-electron chi connectivity index (χ1n) is 13.1. The molecule has 0 saturated carbocycles. The lowest BCUT2D eigenvalue weighted by Gasteiger charge is -2.36. The van der Waals surface area contributed by atoms with Crippen LogP contribution in [-0.2, 0) is 15.8 Å². The average Bonchev–Trinajstić information content (AvgIpc) is 2.88. The van der Waals surface area contributed by atoms with E-state index in [1.807, 2.05) is 19.0 Å². The van der Waals surface area contributed by atoms with Crippen molar-refractivity contribution >= 4 is 33.0 Å². The molecule has 10 nitrogen and oxygen atoms in total. The third-order valence-corrected chi connectivity index (χ3v) is 8.71. The Labute approximate surface area is 240 Å². The molecule has 0 aliphatic carbocycles. The number of nitrogens with two attached hydrogens (primary N) is 1. The van der Waals surface area contributed by atoms with Crippen molar-refractivity contribution in [2.24, 2.45) is 5.41 Å². The zero-order valence-electron chi connectivity index (χ0n) is 23.4. The predicted molar refractivity (Wildman–Crippen MR) is 160 cm³/mol. The second-order valence-electron chi connectivity index (χ2n) is 11.1. The molecule has 1 saturated heterocycles. The lowest BCUT2D eigenvalue weighted by Crippen LogP contribution is -2.49. The molecule has 4 rings (SSSR count). The fourth-order valence-electron chi connectivity index (χ4n) is 4.87. The number of sulfonamides is 1. The number of nitrogens with zero attached hydrogens (tertiary/aromatic N) is 5. The summed E-state index contributed by atoms with van der Waals surface area (Å²) in [5.41, 5.74) is 7.43. The molecule has 216 valence electrons. The summed E-state index contributed by atoms with van der Waals surface area (Å²) in [5.74, 6) is 0.0832. The number of aromatic nitrogens is 2. The summed E-state index contributed by atoms with van der Waals surface area (Å²) in [4.78, 5) is 17.7. The highest BCUT2D eigenvalue weighted by molar-refractivity contribution is 7.88. The third-order valence-electron chi connectivity index (χ3n) is 6.62. The molecular weight excluding hydrogens is 552 g/mol. The van der Waals surface area contributed by atoms with Crippen LogP contribution in [0.1, 0.15) is 19.4 Å². The number of benzene rings is 2. The molecule has 0 radical (unpaired) electrons. The largest absolute Gasteiger partial charge is 0.486 e. The average molecular weight is 589 g/mol. The van der Waals surface area contributed by atoms with Crippen LogP contribution in [0, 0.1) is 5.41 Å². The van der Waals surface area contributed by atoms with Gasteiger partial charge in [-0.25, -0.2) is 8.42 Å². The molecule has 0 atom stereocenters. The van der Waals surface area contributed by atoms with Crippen molar-refractivity contribution in [3.05, 3.63) is 75.7 Å². The molecule has 40 heavy (non-hydrogen) atoms. The number of hydrogen-bond acceptors (Lipinski definition) is 8. The third kappa shape index (κ3) is 7.34. The highest BCUT2D eigenvalue weighted by Crippen LogP contribution is 2.29. The van der Waals surface area contributed by atoms with Crippen LogP contribution in [0.4, 0.5) is 11.4 Å². The van der Waals surface area contributed by atoms with Gasteiger partial charge in [-0.15, -0.1) is 0 Å². The van der Waals surface area contributed by atoms with Crippen LogP contribution in [0.25, 0.3) is 5.69 Å². The smallest absolute Gasteiger partial charge is 0.316 e. The van der Waals surface area contributed by atoms with Gasteiger partial charge in [0.05, 0.1) is 24.2 Å². The molecular formula is C28H37ClN6O4S. The first-order valence-corrected chi connectivity index (χ1v) is 15.1. The maximum atomic E-state index is 13.7. The van der Waals surface area contributed by atoms with Crippen LogP contribution < -0.4 is 20.9 Å². The van der Waals surface area contributed by atoms with Gasteiger partial charge < -0.3 is 20.3 Å². The van der Waals surface area contributed by atoms with Gasteiger partial charge in [0.2, 0.25) is 15.8 Å². The Balaban J connectivity index is 1.58. The molecule has 2 heterocycles. The van der Waals surface area contributed by atoms with Gasteiger partial charge in [-0.05, 0) is 50.0 Å². The second-order valence-corrected chi connectivity index (χ2v) is 13.5. The number of hydrogen-bond donors (Lipinski definition) is 1. The molecule has 0 amide bonds. The Kier molecular flexibility index (Phi) is 9.09. The molecule has 0 spiro atoms. The molecule has 12 heteroatoms. The Morgan fingerprint density at radius 2 is 1.75 bits per heavy atom. The molecule has 3 aromatic rings. The van der Waals surface area contributed by atoms with E-state index < -0.39 is 15.6 Å². The summed E-state index contributed by atoms with van der Waals surface area (Å²) >= 11 is 6.17. The van der Waals surface area contributed by atoms with Crippen molar-refractivity contribution in [2.45, 2.75) is 19.6 Å². The van der Waals surface area contributed by atoms with Gasteiger partial charge >= 0.3 is 5.56 Å². The standard InChI is InChI=1S/C28H37ClN6O4S/c1-28(2,19-32(3)4)20-39-26-25(17-31-35(27(26)36)24-7-5-6-22(29)16-24)33-12-14-34(15-13-33)40(37,38)18-21-8-10-23(30)11-9-21/h5-11,16-17H,12-15,18-20,30H2,1-4H3. The van der Waals surface area contributed by atoms with Gasteiger partial charge in [0.25, 0.3) is 0 Å². The second kappa shape index (κ2) is 12.2. The summed E-state index contributed by atoms with van der Waals surface area (Å²) in [6.45, 7) is 6.56. The summed E-state index contributed by atoms with van der Waals surface area (Å²) in [6.07, 6.45) is 1.61. The Hall–Kier alpha value is -3.12. The van der Waals surface area contributed by atoms with Crippen molar-refractivity contribution in [3.8, 4) is 11.4 Å². The molecule has 0 bridgehead atoms. The van der Waals surface area contributed by atoms with Crippen molar-refractivity contribution in [1.29, 1.82) is 0 Å². The lowest BCUT2D eigenvalue weighted by molar-refractivity contribution is 0.140. The van der Waals surface area contributed by atoms with Crippen LogP contribution in [0.5, 0.6) is 5.75 Å². The van der Waals surface area contributed by atoms with Crippen LogP contribution in [0.15, 0.2) is 59.5 Å². The maximum absolute atomic E-state index is 13.7. The van der Waals surface area contributed by atoms with E-state index in [9.17, 15) is 13.2 Å². The first kappa shape index (κ1) is 29.9. The number of rotatable bonds is 10. The van der Waals surface area contributed by atoms with Crippen molar-refractivity contribution in [2.75, 3.05) is 64.1 Å². The van der Waals surface area contributed by atoms with Gasteiger partial charge in [-0.2, -0.15) is 14.1 Å². The Morgan fingerprint density at radius 3 is 2.38 bits per heavy atom. The monoisotopic (exact) mass is 588 g/mol. The van der Waals surface area contributed by atoms with E-state index in [2.05, 4.69) is 23.8 Å². The number of anilines is 2. The van der Waals surface area contributed by atoms with E-state index in [4.69, 9.17) is 22.1 Å². The molecule has 1 fully saturated rings. The minimum atomic E-state index is -3.53. The zero-order valence-corrected chi connectivity index (χ0v) is 25.0. The van der Waals surface area contributed by atoms with Gasteiger partial charge in [0.15, 0.2) is 0 Å². The molecule has 1 aliphatic rings. The summed E-state index contributed by atoms with van der Waals surface area (Å²) in [5, 5.41) is 4.91. The molecule has 1 aliphatic heterocycles. The summed E-state index contributed by atoms with van der Waals surface area (Å²) in [6, 6.07) is 13.8. The van der Waals surface area contributed by atoms with E-state index in [0.717, 1.165) is 6.54 Å². The van der Waals surface area contributed by atoms with E-state index in [-0.39, 0.29) is 30.0 Å². The zero-order chi connectivity index (χ0) is 29.1. The summed E-state index contributed by atoms with van der Waals surface area (Å²) < 4.78 is 35.2. The topological polar surface area (TPSA) is 114 Å². The molecule has 1 aromatic heterocycles. The summed E-state index contributed by atoms with van der Waals surface area (Å²) in [7, 11) is 0.460. The Morgan fingerprint density at radius 1 is 1.07 bits per heavy atom. The minimum Gasteiger partial charge on any atom is -0.486 e. The van der Waals surface area contributed by atoms with Crippen LogP contribution >= 0.6 is 11.6 Å². The molecule has 0 unspecified atom stereocenters. The molecule has 2 N–H and O–H groups in total. The predicted octanol–water partition coefficient (Wildman–Crippen LogP) is 3.09. The van der Waals surface area contributed by atoms with E-state index in [1.54, 1.807) is 54.7 Å². The minimum absolute atomic E-state index is 0.0974. The van der Waals surface area contributed by atoms with E-state index in [0.29, 0.717) is 47.3 Å². The highest BCUT2D eigenvalue weighted by atomic mass is 35.5. The number of nitrogen functional groups attached to an aromatic ring is 1. The quantitative estimate of drug-likeness (QED) is 0.360. The fourth-order valence-corrected chi connectivity index (χ4v) is 6.57. The van der Waals surface area contributed by atoms with Gasteiger partial charge in [0, 0.05) is 48.8 Å². The van der Waals surface area contributed by atoms with Crippen molar-refractivity contribution in [1.82, 2.24) is 19.0 Å². The van der Waals surface area contributed by atoms with Gasteiger partial charge in [-0.3, -0.25) is 4.79 Å². The van der Waals surface area contributed by atoms with Gasteiger partial charge in [0.1, 0.15) is 5.69 Å². The van der Waals surface area contributed by atoms with Crippen molar-refractivity contribution in [3.63, 3.8) is 0 Å². The molecule has 2 aromatic carbocycles. The van der Waals surface area contributed by atoms with Crippen LogP contribution in [0.2, 0.25) is 5.02 Å². The van der Waals surface area contributed by atoms with E-state index >= 15 is 0 Å². The Bertz CT molecular complexity index is 1480. The van der Waals surface area contributed by atoms with Gasteiger partial charge in [-0.1, -0.05) is 43.6 Å².